The van der Waals surface area contributed by atoms with Gasteiger partial charge in [0.25, 0.3) is 0 Å². The summed E-state index contributed by atoms with van der Waals surface area (Å²) in [5, 5.41) is 0. The van der Waals surface area contributed by atoms with Crippen molar-refractivity contribution in [2.75, 3.05) is 16.4 Å². The van der Waals surface area contributed by atoms with E-state index in [9.17, 15) is 9.59 Å². The van der Waals surface area contributed by atoms with E-state index >= 15 is 0 Å². The van der Waals surface area contributed by atoms with E-state index in [1.54, 1.807) is 9.80 Å². The number of carbonyl (C=O) groups excluding carboxylic acids is 2. The van der Waals surface area contributed by atoms with Gasteiger partial charge in [-0.3, -0.25) is 19.5 Å². The highest BCUT2D eigenvalue weighted by Gasteiger charge is 2.83. The molecule has 0 radical (unpaired) electrons. The van der Waals surface area contributed by atoms with E-state index in [1.165, 1.54) is 0 Å². The van der Waals surface area contributed by atoms with Crippen LogP contribution in [0.4, 0.5) is 16.2 Å². The van der Waals surface area contributed by atoms with Crippen molar-refractivity contribution in [3.05, 3.63) is 96.6 Å². The molecule has 1 spiro atoms. The number of urea groups is 1. The lowest BCUT2D eigenvalue weighted by Crippen LogP contribution is -2.89. The van der Waals surface area contributed by atoms with E-state index in [4.69, 9.17) is 4.74 Å². The first-order valence-corrected chi connectivity index (χ1v) is 11.8. The van der Waals surface area contributed by atoms with Gasteiger partial charge in [-0.25, -0.2) is 4.79 Å². The fourth-order valence-electron chi connectivity index (χ4n) is 6.07. The zero-order valence-electron chi connectivity index (χ0n) is 19.3. The summed E-state index contributed by atoms with van der Waals surface area (Å²) in [7, 11) is 0. The topological polar surface area (TPSA) is 53.1 Å². The number of carbonyl (C=O) groups is 2. The van der Waals surface area contributed by atoms with Crippen LogP contribution < -0.4 is 9.80 Å². The molecule has 3 fully saturated rings. The number of benzene rings is 3. The molecule has 3 aliphatic rings. The lowest BCUT2D eigenvalue weighted by Gasteiger charge is -2.69. The van der Waals surface area contributed by atoms with E-state index in [-0.39, 0.29) is 18.0 Å². The molecule has 3 saturated heterocycles. The Morgan fingerprint density at radius 1 is 0.853 bits per heavy atom. The van der Waals surface area contributed by atoms with Crippen LogP contribution in [-0.4, -0.2) is 35.3 Å². The summed E-state index contributed by atoms with van der Waals surface area (Å²) in [6, 6.07) is 28.2. The van der Waals surface area contributed by atoms with E-state index in [0.717, 1.165) is 23.4 Å². The first kappa shape index (κ1) is 20.9. The summed E-state index contributed by atoms with van der Waals surface area (Å²) in [5.41, 5.74) is 1.40. The second kappa shape index (κ2) is 7.43. The van der Waals surface area contributed by atoms with Crippen LogP contribution in [0.25, 0.3) is 0 Å². The minimum absolute atomic E-state index is 0.0530. The van der Waals surface area contributed by atoms with Gasteiger partial charge in [0, 0.05) is 11.4 Å². The number of amides is 3. The Morgan fingerprint density at radius 3 is 2.00 bits per heavy atom. The van der Waals surface area contributed by atoms with Crippen molar-refractivity contribution >= 4 is 23.3 Å². The van der Waals surface area contributed by atoms with Crippen LogP contribution in [0, 0.1) is 5.41 Å². The summed E-state index contributed by atoms with van der Waals surface area (Å²) < 4.78 is 6.58. The molecule has 172 valence electrons. The fraction of sp³-hybridized carbons (Fsp3) is 0.286. The Bertz CT molecular complexity index is 1240. The normalized spacial score (nSPS) is 30.1. The lowest BCUT2D eigenvalue weighted by molar-refractivity contribution is -0.222. The van der Waals surface area contributed by atoms with Crippen molar-refractivity contribution < 1.29 is 14.3 Å². The van der Waals surface area contributed by atoms with Gasteiger partial charge in [0.2, 0.25) is 11.8 Å². The van der Waals surface area contributed by atoms with Crippen LogP contribution in [0.5, 0.6) is 0 Å². The number of β-lactam (4-membered cyclic amide) rings is 1. The number of rotatable bonds is 4. The third-order valence-electron chi connectivity index (χ3n) is 7.65. The number of nitrogens with zero attached hydrogens (tertiary/aromatic N) is 3. The summed E-state index contributed by atoms with van der Waals surface area (Å²) in [5.74, 6) is -1.24. The molecule has 34 heavy (non-hydrogen) atoms. The number of hydrogen-bond donors (Lipinski definition) is 0. The maximum Gasteiger partial charge on any atom is 0.329 e. The Kier molecular flexibility index (Phi) is 4.58. The lowest BCUT2D eigenvalue weighted by atomic mass is 9.63. The average Bonchev–Trinajstić information content (AvgIpc) is 3.30. The quantitative estimate of drug-likeness (QED) is 0.511. The smallest absolute Gasteiger partial charge is 0.329 e. The Morgan fingerprint density at radius 2 is 1.41 bits per heavy atom. The molecule has 6 heteroatoms. The van der Waals surface area contributed by atoms with E-state index in [0.29, 0.717) is 6.61 Å². The molecule has 3 aliphatic heterocycles. The van der Waals surface area contributed by atoms with Crippen LogP contribution >= 0.6 is 0 Å². The molecule has 3 amide bonds. The molecule has 6 nitrogen and oxygen atoms in total. The average molecular weight is 454 g/mol. The van der Waals surface area contributed by atoms with Crippen molar-refractivity contribution in [3.8, 4) is 0 Å². The van der Waals surface area contributed by atoms with Gasteiger partial charge in [-0.05, 0) is 43.2 Å². The van der Waals surface area contributed by atoms with Crippen molar-refractivity contribution in [3.63, 3.8) is 0 Å². The fourth-order valence-corrected chi connectivity index (χ4v) is 6.07. The minimum atomic E-state index is -1.19. The van der Waals surface area contributed by atoms with Crippen LogP contribution in [0.15, 0.2) is 91.0 Å². The number of para-hydroxylation sites is 2. The van der Waals surface area contributed by atoms with Gasteiger partial charge in [0.05, 0.1) is 18.7 Å². The number of hydrogen-bond acceptors (Lipinski definition) is 3. The molecular formula is C28H27N3O3. The van der Waals surface area contributed by atoms with Gasteiger partial charge in [0.15, 0.2) is 0 Å². The standard InChI is InChI=1S/C28H27N3O3/c1-3-21-19-34-28-27(2,25(32)30(28)23-17-11-6-12-18-23)24(20-13-7-4-8-14-20)29(26(33)31(21)28)22-15-9-5-10-16-22/h4-18,21,24H,3,19H2,1-2H3/t21-,24-,27+,28?/m1/s1. The third kappa shape index (κ3) is 2.44. The van der Waals surface area contributed by atoms with Crippen LogP contribution in [0.2, 0.25) is 0 Å². The molecular weight excluding hydrogens is 426 g/mol. The Labute approximate surface area is 199 Å². The number of anilines is 2. The van der Waals surface area contributed by atoms with Gasteiger partial charge in [0.1, 0.15) is 5.41 Å². The van der Waals surface area contributed by atoms with Crippen molar-refractivity contribution in [1.82, 2.24) is 4.90 Å². The van der Waals surface area contributed by atoms with E-state index < -0.39 is 17.3 Å². The van der Waals surface area contributed by atoms with Crippen molar-refractivity contribution in [1.29, 1.82) is 0 Å². The SMILES string of the molecule is CC[C@@H]1COC23N(c4ccccc4)C(=O)[C@]2(C)[C@@H](c2ccccc2)N(c2ccccc2)C(=O)N13. The van der Waals surface area contributed by atoms with E-state index in [2.05, 4.69) is 6.92 Å². The second-order valence-corrected chi connectivity index (χ2v) is 9.33. The van der Waals surface area contributed by atoms with Crippen LogP contribution in [0.1, 0.15) is 31.9 Å². The molecule has 3 aromatic rings. The first-order valence-electron chi connectivity index (χ1n) is 11.8. The highest BCUT2D eigenvalue weighted by atomic mass is 16.6. The van der Waals surface area contributed by atoms with Crippen molar-refractivity contribution in [2.45, 2.75) is 38.2 Å². The third-order valence-corrected chi connectivity index (χ3v) is 7.65. The summed E-state index contributed by atoms with van der Waals surface area (Å²) in [6.07, 6.45) is 0.735. The molecule has 0 N–H and O–H groups in total. The van der Waals surface area contributed by atoms with Crippen LogP contribution in [-0.2, 0) is 9.53 Å². The molecule has 0 saturated carbocycles. The predicted octanol–water partition coefficient (Wildman–Crippen LogP) is 5.19. The molecule has 0 aromatic heterocycles. The zero-order valence-corrected chi connectivity index (χ0v) is 19.3. The maximum atomic E-state index is 14.4. The minimum Gasteiger partial charge on any atom is -0.334 e. The van der Waals surface area contributed by atoms with Gasteiger partial charge in [-0.1, -0.05) is 73.7 Å². The van der Waals surface area contributed by atoms with Gasteiger partial charge in [-0.15, -0.1) is 0 Å². The molecule has 0 aliphatic carbocycles. The predicted molar refractivity (Wildman–Crippen MR) is 130 cm³/mol. The molecule has 3 heterocycles. The van der Waals surface area contributed by atoms with Crippen LogP contribution in [0.3, 0.4) is 0 Å². The Balaban J connectivity index is 1.62. The first-order chi connectivity index (χ1) is 16.6. The number of ether oxygens (including phenoxy) is 1. The molecule has 3 aromatic carbocycles. The maximum absolute atomic E-state index is 14.4. The van der Waals surface area contributed by atoms with Gasteiger partial charge in [-0.2, -0.15) is 0 Å². The molecule has 1 unspecified atom stereocenters. The summed E-state index contributed by atoms with van der Waals surface area (Å²) >= 11 is 0. The van der Waals surface area contributed by atoms with Gasteiger partial charge < -0.3 is 4.74 Å². The monoisotopic (exact) mass is 453 g/mol. The highest BCUT2D eigenvalue weighted by Crippen LogP contribution is 2.66. The second-order valence-electron chi connectivity index (χ2n) is 9.33. The van der Waals surface area contributed by atoms with E-state index in [1.807, 2.05) is 103 Å². The molecule has 6 rings (SSSR count). The largest absolute Gasteiger partial charge is 0.334 e. The molecule has 0 bridgehead atoms. The summed E-state index contributed by atoms with van der Waals surface area (Å²) in [6.45, 7) is 4.40. The summed E-state index contributed by atoms with van der Waals surface area (Å²) in [4.78, 5) is 33.9. The molecule has 4 atom stereocenters. The van der Waals surface area contributed by atoms with Crippen molar-refractivity contribution in [2.24, 2.45) is 5.41 Å². The Hall–Kier alpha value is -3.64. The van der Waals surface area contributed by atoms with Gasteiger partial charge >= 0.3 is 6.03 Å². The zero-order chi connectivity index (χ0) is 23.5. The highest BCUT2D eigenvalue weighted by molar-refractivity contribution is 6.12.